The lowest BCUT2D eigenvalue weighted by Gasteiger charge is -2.15. The summed E-state index contributed by atoms with van der Waals surface area (Å²) in [5.41, 5.74) is 0. The van der Waals surface area contributed by atoms with Gasteiger partial charge in [0.2, 0.25) is 0 Å². The quantitative estimate of drug-likeness (QED) is 0.352. The average Bonchev–Trinajstić information content (AvgIpc) is 2.41. The molecular formula is C12H26N2S6. The number of thiocarbonyl (C=S) groups is 2. The first-order valence-corrected chi connectivity index (χ1v) is 11.8. The van der Waals surface area contributed by atoms with Crippen molar-refractivity contribution in [3.05, 3.63) is 0 Å². The van der Waals surface area contributed by atoms with Gasteiger partial charge in [-0.3, -0.25) is 0 Å². The van der Waals surface area contributed by atoms with Crippen molar-refractivity contribution in [3.8, 4) is 0 Å². The fourth-order valence-electron chi connectivity index (χ4n) is 0.505. The van der Waals surface area contributed by atoms with E-state index in [4.69, 9.17) is 24.4 Å². The molecule has 0 saturated carbocycles. The summed E-state index contributed by atoms with van der Waals surface area (Å²) in [6, 6.07) is 0. The summed E-state index contributed by atoms with van der Waals surface area (Å²) in [5.74, 6) is 2.62. The predicted molar refractivity (Wildman–Crippen MR) is 113 cm³/mol. The molecule has 0 rings (SSSR count). The molecule has 0 aromatic heterocycles. The van der Waals surface area contributed by atoms with Crippen molar-refractivity contribution >= 4 is 76.3 Å². The van der Waals surface area contributed by atoms with Crippen LogP contribution in [0, 0.1) is 0 Å². The van der Waals surface area contributed by atoms with E-state index in [9.17, 15) is 0 Å². The van der Waals surface area contributed by atoms with E-state index in [1.54, 1.807) is 0 Å². The molecule has 2 nitrogen and oxygen atoms in total. The second-order valence-corrected chi connectivity index (χ2v) is 10.2. The Morgan fingerprint density at radius 2 is 1.05 bits per heavy atom. The first kappa shape index (κ1) is 23.4. The van der Waals surface area contributed by atoms with Gasteiger partial charge in [-0.15, -0.1) is 0 Å². The monoisotopic (exact) mass is 390 g/mol. The molecular weight excluding hydrogens is 365 g/mol. The van der Waals surface area contributed by atoms with Crippen LogP contribution in [-0.2, 0) is 0 Å². The van der Waals surface area contributed by atoms with Crippen molar-refractivity contribution in [2.24, 2.45) is 0 Å². The molecule has 0 aliphatic carbocycles. The Morgan fingerprint density at radius 3 is 1.25 bits per heavy atom. The maximum Gasteiger partial charge on any atom is 0.146 e. The Morgan fingerprint density at radius 1 is 0.750 bits per heavy atom. The van der Waals surface area contributed by atoms with E-state index in [1.165, 1.54) is 45.9 Å². The molecule has 0 amide bonds. The minimum atomic E-state index is 0.837. The molecule has 0 spiro atoms. The fourth-order valence-corrected chi connectivity index (χ4v) is 5.16. The molecule has 0 aliphatic rings. The molecule has 0 saturated heterocycles. The zero-order valence-corrected chi connectivity index (χ0v) is 18.1. The highest BCUT2D eigenvalue weighted by molar-refractivity contribution is 8.89. The minimum absolute atomic E-state index is 0.837. The summed E-state index contributed by atoms with van der Waals surface area (Å²) >= 11 is 10.1. The molecule has 0 heterocycles. The van der Waals surface area contributed by atoms with Crippen LogP contribution in [0.1, 0.15) is 26.7 Å². The van der Waals surface area contributed by atoms with Crippen molar-refractivity contribution in [1.82, 2.24) is 9.80 Å². The van der Waals surface area contributed by atoms with Gasteiger partial charge in [0, 0.05) is 39.7 Å². The van der Waals surface area contributed by atoms with Crippen LogP contribution in [0.2, 0.25) is 0 Å². The lowest BCUT2D eigenvalue weighted by Crippen LogP contribution is -2.18. The molecule has 0 fully saturated rings. The van der Waals surface area contributed by atoms with Gasteiger partial charge in [0.05, 0.1) is 0 Å². The highest BCUT2D eigenvalue weighted by atomic mass is 33.1. The van der Waals surface area contributed by atoms with Gasteiger partial charge in [0.15, 0.2) is 0 Å². The summed E-state index contributed by atoms with van der Waals surface area (Å²) in [4.78, 5) is 3.79. The third-order valence-electron chi connectivity index (χ3n) is 1.57. The molecule has 0 atom stereocenters. The summed E-state index contributed by atoms with van der Waals surface area (Å²) in [7, 11) is 14.7. The van der Waals surface area contributed by atoms with Crippen LogP contribution >= 0.6 is 67.6 Å². The number of nitrogens with zero attached hydrogens (tertiary/aromatic N) is 2. The van der Waals surface area contributed by atoms with Crippen LogP contribution < -0.4 is 0 Å². The SMILES string of the molecule is CCCSSCCC.CN(C)C(=S)SSC(=S)N(C)C. The minimum Gasteiger partial charge on any atom is -0.363 e. The second-order valence-electron chi connectivity index (χ2n) is 4.13. The molecule has 0 bridgehead atoms. The lowest BCUT2D eigenvalue weighted by atomic mass is 10.6. The standard InChI is InChI=1S/C6H12N2S4.C6H14S2/c1-7(2)5(9)11-12-6(10)8(3)4;1-3-5-7-8-6-4-2/h1-4H3;3-6H2,1-2H3. The Kier molecular flexibility index (Phi) is 19.4. The zero-order valence-electron chi connectivity index (χ0n) is 13.2. The molecule has 20 heavy (non-hydrogen) atoms. The zero-order chi connectivity index (χ0) is 16.0. The van der Waals surface area contributed by atoms with Gasteiger partial charge in [-0.2, -0.15) is 0 Å². The second kappa shape index (κ2) is 16.5. The lowest BCUT2D eigenvalue weighted by molar-refractivity contribution is 0.647. The Bertz CT molecular complexity index is 232. The predicted octanol–water partition coefficient (Wildman–Crippen LogP) is 5.25. The summed E-state index contributed by atoms with van der Waals surface area (Å²) < 4.78 is 1.67. The Balaban J connectivity index is 0. The van der Waals surface area contributed by atoms with Gasteiger partial charge in [-0.1, -0.05) is 59.9 Å². The molecule has 0 unspecified atom stereocenters. The van der Waals surface area contributed by atoms with Gasteiger partial charge in [0.25, 0.3) is 0 Å². The van der Waals surface area contributed by atoms with Crippen LogP contribution in [-0.4, -0.2) is 58.1 Å². The third kappa shape index (κ3) is 17.2. The molecule has 8 heteroatoms. The van der Waals surface area contributed by atoms with Gasteiger partial charge in [-0.05, 0) is 34.4 Å². The normalized spacial score (nSPS) is 9.50. The number of hydrogen-bond acceptors (Lipinski definition) is 6. The van der Waals surface area contributed by atoms with Crippen LogP contribution in [0.3, 0.4) is 0 Å². The highest BCUT2D eigenvalue weighted by Gasteiger charge is 2.04. The molecule has 0 aliphatic heterocycles. The molecule has 0 aromatic rings. The largest absolute Gasteiger partial charge is 0.363 e. The number of rotatable bonds is 5. The van der Waals surface area contributed by atoms with Crippen molar-refractivity contribution in [2.45, 2.75) is 26.7 Å². The van der Waals surface area contributed by atoms with Crippen LogP contribution in [0.5, 0.6) is 0 Å². The van der Waals surface area contributed by atoms with Crippen molar-refractivity contribution in [2.75, 3.05) is 39.7 Å². The molecule has 0 N–H and O–H groups in total. The van der Waals surface area contributed by atoms with Crippen molar-refractivity contribution in [1.29, 1.82) is 0 Å². The highest BCUT2D eigenvalue weighted by Crippen LogP contribution is 2.26. The van der Waals surface area contributed by atoms with Crippen LogP contribution in [0.4, 0.5) is 0 Å². The smallest absolute Gasteiger partial charge is 0.146 e. The van der Waals surface area contributed by atoms with E-state index in [2.05, 4.69) is 13.8 Å². The third-order valence-corrected chi connectivity index (χ3v) is 8.55. The van der Waals surface area contributed by atoms with E-state index in [0.717, 1.165) is 8.64 Å². The van der Waals surface area contributed by atoms with Gasteiger partial charge in [0.1, 0.15) is 8.64 Å². The molecule has 120 valence electrons. The summed E-state index contributed by atoms with van der Waals surface area (Å²) in [6.07, 6.45) is 2.61. The average molecular weight is 391 g/mol. The van der Waals surface area contributed by atoms with Crippen molar-refractivity contribution < 1.29 is 0 Å². The first-order chi connectivity index (χ1) is 9.36. The van der Waals surface area contributed by atoms with Crippen LogP contribution in [0.15, 0.2) is 0 Å². The maximum absolute atomic E-state index is 5.07. The van der Waals surface area contributed by atoms with E-state index in [1.807, 2.05) is 59.6 Å². The Labute approximate surface area is 151 Å². The number of hydrogen-bond donors (Lipinski definition) is 0. The van der Waals surface area contributed by atoms with Gasteiger partial charge >= 0.3 is 0 Å². The van der Waals surface area contributed by atoms with E-state index in [-0.39, 0.29) is 0 Å². The van der Waals surface area contributed by atoms with Gasteiger partial charge < -0.3 is 9.80 Å². The van der Waals surface area contributed by atoms with E-state index in [0.29, 0.717) is 0 Å². The summed E-state index contributed by atoms with van der Waals surface area (Å²) in [5, 5.41) is 0. The summed E-state index contributed by atoms with van der Waals surface area (Å²) in [6.45, 7) is 4.44. The van der Waals surface area contributed by atoms with Gasteiger partial charge in [-0.25, -0.2) is 0 Å². The van der Waals surface area contributed by atoms with Crippen molar-refractivity contribution in [3.63, 3.8) is 0 Å². The topological polar surface area (TPSA) is 6.48 Å². The molecule has 0 radical (unpaired) electrons. The fraction of sp³-hybridized carbons (Fsp3) is 0.833. The Hall–Kier alpha value is 1.18. The maximum atomic E-state index is 5.07. The molecule has 0 aromatic carbocycles. The van der Waals surface area contributed by atoms with E-state index < -0.39 is 0 Å². The first-order valence-electron chi connectivity index (χ1n) is 6.38. The van der Waals surface area contributed by atoms with Crippen LogP contribution in [0.25, 0.3) is 0 Å². The van der Waals surface area contributed by atoms with E-state index >= 15 is 0 Å².